The highest BCUT2D eigenvalue weighted by molar-refractivity contribution is 6.04. The van der Waals surface area contributed by atoms with Crippen molar-refractivity contribution in [2.24, 2.45) is 0 Å². The first-order chi connectivity index (χ1) is 12.7. The van der Waals surface area contributed by atoms with E-state index in [0.29, 0.717) is 12.2 Å². The average Bonchev–Trinajstić information content (AvgIpc) is 2.68. The maximum Gasteiger partial charge on any atom is 0.276 e. The van der Waals surface area contributed by atoms with E-state index in [-0.39, 0.29) is 17.2 Å². The molecule has 0 aliphatic carbocycles. The van der Waals surface area contributed by atoms with Gasteiger partial charge < -0.3 is 5.32 Å². The van der Waals surface area contributed by atoms with Gasteiger partial charge in [-0.1, -0.05) is 61.9 Å². The number of amides is 1. The summed E-state index contributed by atoms with van der Waals surface area (Å²) in [5.41, 5.74) is 2.69. The van der Waals surface area contributed by atoms with Gasteiger partial charge in [0.15, 0.2) is 0 Å². The molecular formula is C21H21N3O2. The van der Waals surface area contributed by atoms with Crippen molar-refractivity contribution in [3.05, 3.63) is 82.8 Å². The molecule has 26 heavy (non-hydrogen) atoms. The quantitative estimate of drug-likeness (QED) is 0.734. The van der Waals surface area contributed by atoms with Crippen molar-refractivity contribution in [3.8, 4) is 11.1 Å². The van der Waals surface area contributed by atoms with E-state index >= 15 is 0 Å². The Hall–Kier alpha value is -3.21. The van der Waals surface area contributed by atoms with Gasteiger partial charge in [-0.3, -0.25) is 9.59 Å². The van der Waals surface area contributed by atoms with Gasteiger partial charge in [-0.25, -0.2) is 4.68 Å². The summed E-state index contributed by atoms with van der Waals surface area (Å²) < 4.78 is 1.35. The van der Waals surface area contributed by atoms with Crippen molar-refractivity contribution in [2.75, 3.05) is 5.32 Å². The van der Waals surface area contributed by atoms with E-state index in [2.05, 4.69) is 10.4 Å². The Labute approximate surface area is 152 Å². The number of rotatable bonds is 6. The number of hydrogen-bond acceptors (Lipinski definition) is 3. The molecule has 0 fully saturated rings. The molecule has 1 N–H and O–H groups in total. The minimum Gasteiger partial charge on any atom is -0.320 e. The normalized spacial score (nSPS) is 10.5. The minimum atomic E-state index is -0.335. The van der Waals surface area contributed by atoms with Gasteiger partial charge in [0, 0.05) is 23.9 Å². The molecule has 1 aromatic heterocycles. The Morgan fingerprint density at radius 1 is 1.00 bits per heavy atom. The lowest BCUT2D eigenvalue weighted by atomic mass is 10.0. The minimum absolute atomic E-state index is 0.195. The summed E-state index contributed by atoms with van der Waals surface area (Å²) in [6, 6.07) is 20.3. The standard InChI is InChI=1S/C21H21N3O2/c1-2-3-15-24-20(25)14-13-19(23-24)21(26)22-18-12-8-7-11-17(18)16-9-5-4-6-10-16/h4-14H,2-3,15H2,1H3,(H,22,26). The van der Waals surface area contributed by atoms with Gasteiger partial charge in [0.2, 0.25) is 0 Å². The van der Waals surface area contributed by atoms with Gasteiger partial charge in [0.1, 0.15) is 5.69 Å². The number of para-hydroxylation sites is 1. The third-order valence-electron chi connectivity index (χ3n) is 4.08. The third-order valence-corrected chi connectivity index (χ3v) is 4.08. The lowest BCUT2D eigenvalue weighted by molar-refractivity contribution is 0.102. The second kappa shape index (κ2) is 8.25. The number of nitrogens with zero attached hydrogens (tertiary/aromatic N) is 2. The third kappa shape index (κ3) is 4.06. The number of unbranched alkanes of at least 4 members (excludes halogenated alkanes) is 1. The van der Waals surface area contributed by atoms with Crippen molar-refractivity contribution < 1.29 is 4.79 Å². The molecular weight excluding hydrogens is 326 g/mol. The molecule has 3 aromatic rings. The summed E-state index contributed by atoms with van der Waals surface area (Å²) in [5.74, 6) is -0.335. The topological polar surface area (TPSA) is 64.0 Å². The highest BCUT2D eigenvalue weighted by atomic mass is 16.2. The monoisotopic (exact) mass is 347 g/mol. The molecule has 0 aliphatic rings. The predicted molar refractivity (Wildman–Crippen MR) is 103 cm³/mol. The van der Waals surface area contributed by atoms with Crippen LogP contribution in [0.3, 0.4) is 0 Å². The molecule has 5 heteroatoms. The summed E-state index contributed by atoms with van der Waals surface area (Å²) in [4.78, 5) is 24.5. The van der Waals surface area contributed by atoms with Gasteiger partial charge in [0.25, 0.3) is 11.5 Å². The fraction of sp³-hybridized carbons (Fsp3) is 0.190. The van der Waals surface area contributed by atoms with Crippen LogP contribution in [0.5, 0.6) is 0 Å². The van der Waals surface area contributed by atoms with Gasteiger partial charge in [0.05, 0.1) is 0 Å². The van der Waals surface area contributed by atoms with Crippen LogP contribution in [0.15, 0.2) is 71.5 Å². The zero-order valence-corrected chi connectivity index (χ0v) is 14.7. The van der Waals surface area contributed by atoms with Crippen LogP contribution in [-0.2, 0) is 6.54 Å². The van der Waals surface area contributed by atoms with Crippen LogP contribution in [0.2, 0.25) is 0 Å². The van der Waals surface area contributed by atoms with Crippen molar-refractivity contribution >= 4 is 11.6 Å². The zero-order valence-electron chi connectivity index (χ0n) is 14.7. The summed E-state index contributed by atoms with van der Waals surface area (Å²) in [7, 11) is 0. The van der Waals surface area contributed by atoms with Crippen LogP contribution in [0.1, 0.15) is 30.3 Å². The number of aryl methyl sites for hydroxylation is 1. The number of anilines is 1. The second-order valence-corrected chi connectivity index (χ2v) is 6.00. The molecule has 1 heterocycles. The molecule has 0 aliphatic heterocycles. The molecule has 0 radical (unpaired) electrons. The molecule has 0 saturated carbocycles. The number of carbonyl (C=O) groups excluding carboxylic acids is 1. The van der Waals surface area contributed by atoms with Gasteiger partial charge in [-0.2, -0.15) is 5.10 Å². The SMILES string of the molecule is CCCCn1nc(C(=O)Nc2ccccc2-c2ccccc2)ccc1=O. The van der Waals surface area contributed by atoms with Crippen LogP contribution < -0.4 is 10.9 Å². The maximum absolute atomic E-state index is 12.6. The molecule has 1 amide bonds. The van der Waals surface area contributed by atoms with E-state index in [9.17, 15) is 9.59 Å². The van der Waals surface area contributed by atoms with Crippen molar-refractivity contribution in [2.45, 2.75) is 26.3 Å². The first kappa shape index (κ1) is 17.6. The van der Waals surface area contributed by atoms with E-state index < -0.39 is 0 Å². The van der Waals surface area contributed by atoms with Gasteiger partial charge in [-0.05, 0) is 24.1 Å². The summed E-state index contributed by atoms with van der Waals surface area (Å²) >= 11 is 0. The Balaban J connectivity index is 1.86. The van der Waals surface area contributed by atoms with Crippen molar-refractivity contribution in [3.63, 3.8) is 0 Å². The van der Waals surface area contributed by atoms with E-state index in [0.717, 1.165) is 24.0 Å². The smallest absolute Gasteiger partial charge is 0.276 e. The van der Waals surface area contributed by atoms with Crippen LogP contribution in [0.4, 0.5) is 5.69 Å². The van der Waals surface area contributed by atoms with E-state index in [1.807, 2.05) is 61.5 Å². The molecule has 132 valence electrons. The van der Waals surface area contributed by atoms with Gasteiger partial charge >= 0.3 is 0 Å². The molecule has 5 nitrogen and oxygen atoms in total. The first-order valence-electron chi connectivity index (χ1n) is 8.73. The lowest BCUT2D eigenvalue weighted by Crippen LogP contribution is -2.26. The molecule has 0 bridgehead atoms. The number of benzene rings is 2. The molecule has 3 rings (SSSR count). The second-order valence-electron chi connectivity index (χ2n) is 6.00. The van der Waals surface area contributed by atoms with E-state index in [4.69, 9.17) is 0 Å². The number of aromatic nitrogens is 2. The lowest BCUT2D eigenvalue weighted by Gasteiger charge is -2.11. The Bertz CT molecular complexity index is 949. The Kier molecular flexibility index (Phi) is 5.59. The van der Waals surface area contributed by atoms with Gasteiger partial charge in [-0.15, -0.1) is 0 Å². The molecule has 0 saturated heterocycles. The predicted octanol–water partition coefficient (Wildman–Crippen LogP) is 3.96. The summed E-state index contributed by atoms with van der Waals surface area (Å²) in [5, 5.41) is 7.11. The largest absolute Gasteiger partial charge is 0.320 e. The fourth-order valence-corrected chi connectivity index (χ4v) is 2.69. The number of hydrogen-bond donors (Lipinski definition) is 1. The number of nitrogens with one attached hydrogen (secondary N) is 1. The zero-order chi connectivity index (χ0) is 18.4. The van der Waals surface area contributed by atoms with Crippen LogP contribution >= 0.6 is 0 Å². The average molecular weight is 347 g/mol. The van der Waals surface area contributed by atoms with Crippen LogP contribution in [0, 0.1) is 0 Å². The Morgan fingerprint density at radius 3 is 2.50 bits per heavy atom. The van der Waals surface area contributed by atoms with Crippen LogP contribution in [0.25, 0.3) is 11.1 Å². The first-order valence-corrected chi connectivity index (χ1v) is 8.73. The van der Waals surface area contributed by atoms with E-state index in [1.165, 1.54) is 16.8 Å². The fourth-order valence-electron chi connectivity index (χ4n) is 2.69. The molecule has 0 atom stereocenters. The highest BCUT2D eigenvalue weighted by Crippen LogP contribution is 2.27. The maximum atomic E-state index is 12.6. The Morgan fingerprint density at radius 2 is 1.73 bits per heavy atom. The van der Waals surface area contributed by atoms with Crippen molar-refractivity contribution in [1.29, 1.82) is 0 Å². The molecule has 2 aromatic carbocycles. The van der Waals surface area contributed by atoms with E-state index in [1.54, 1.807) is 0 Å². The number of carbonyl (C=O) groups is 1. The van der Waals surface area contributed by atoms with Crippen LogP contribution in [-0.4, -0.2) is 15.7 Å². The highest BCUT2D eigenvalue weighted by Gasteiger charge is 2.12. The summed E-state index contributed by atoms with van der Waals surface area (Å²) in [6.45, 7) is 2.55. The van der Waals surface area contributed by atoms with Crippen molar-refractivity contribution in [1.82, 2.24) is 9.78 Å². The molecule has 0 spiro atoms. The summed E-state index contributed by atoms with van der Waals surface area (Å²) in [6.07, 6.45) is 1.80. The molecule has 0 unspecified atom stereocenters.